The molecule has 2 atom stereocenters. The van der Waals surface area contributed by atoms with Crippen LogP contribution < -0.4 is 0 Å². The molecule has 0 radical (unpaired) electrons. The molecule has 0 nitrogen and oxygen atoms in total. The molecule has 2 rings (SSSR count). The summed E-state index contributed by atoms with van der Waals surface area (Å²) in [7, 11) is 0. The molecule has 0 aliphatic heterocycles. The van der Waals surface area contributed by atoms with Crippen molar-refractivity contribution in [2.45, 2.75) is 90.9 Å². The zero-order valence-electron chi connectivity index (χ0n) is 12.8. The van der Waals surface area contributed by atoms with Crippen molar-refractivity contribution in [3.8, 4) is 0 Å². The van der Waals surface area contributed by atoms with Crippen LogP contribution in [0.15, 0.2) is 0 Å². The second-order valence-electron chi connectivity index (χ2n) is 7.30. The van der Waals surface area contributed by atoms with Crippen LogP contribution in [0.3, 0.4) is 0 Å². The Kier molecular flexibility index (Phi) is 6.05. The minimum absolute atomic E-state index is 1.02. The van der Waals surface area contributed by atoms with Gasteiger partial charge in [0.1, 0.15) is 0 Å². The first-order valence-electron chi connectivity index (χ1n) is 8.79. The maximum absolute atomic E-state index is 2.45. The Balaban J connectivity index is 1.74. The van der Waals surface area contributed by atoms with Gasteiger partial charge in [-0.3, -0.25) is 0 Å². The Morgan fingerprint density at radius 3 is 2.17 bits per heavy atom. The van der Waals surface area contributed by atoms with Crippen LogP contribution in [0.2, 0.25) is 0 Å². The van der Waals surface area contributed by atoms with Crippen LogP contribution in [0.1, 0.15) is 90.9 Å². The topological polar surface area (TPSA) is 0 Å². The summed E-state index contributed by atoms with van der Waals surface area (Å²) in [5, 5.41) is 0. The van der Waals surface area contributed by atoms with Gasteiger partial charge in [-0.25, -0.2) is 0 Å². The molecule has 0 aromatic carbocycles. The van der Waals surface area contributed by atoms with Crippen molar-refractivity contribution < 1.29 is 0 Å². The quantitative estimate of drug-likeness (QED) is 0.521. The average molecular weight is 250 g/mol. The first-order valence-corrected chi connectivity index (χ1v) is 8.79. The van der Waals surface area contributed by atoms with Crippen LogP contribution in [0.25, 0.3) is 0 Å². The minimum Gasteiger partial charge on any atom is -0.0654 e. The molecule has 0 amide bonds. The summed E-state index contributed by atoms with van der Waals surface area (Å²) >= 11 is 0. The Morgan fingerprint density at radius 1 is 0.778 bits per heavy atom. The second kappa shape index (κ2) is 7.56. The standard InChI is InChI=1S/C18H34/c1-3-4-6-16-7-5-8-17(14-11-16)18-12-9-15(2)10-13-18/h15-18H,3-14H2,1-2H3. The fraction of sp³-hybridized carbons (Fsp3) is 1.00. The molecule has 0 aromatic heterocycles. The van der Waals surface area contributed by atoms with Gasteiger partial charge in [0.05, 0.1) is 0 Å². The first kappa shape index (κ1) is 14.4. The van der Waals surface area contributed by atoms with Crippen LogP contribution in [-0.4, -0.2) is 0 Å². The van der Waals surface area contributed by atoms with E-state index in [1.54, 1.807) is 38.5 Å². The van der Waals surface area contributed by atoms with Gasteiger partial charge in [0.25, 0.3) is 0 Å². The molecule has 2 aliphatic carbocycles. The van der Waals surface area contributed by atoms with E-state index in [0.29, 0.717) is 0 Å². The lowest BCUT2D eigenvalue weighted by atomic mass is 9.74. The second-order valence-corrected chi connectivity index (χ2v) is 7.30. The fourth-order valence-corrected chi connectivity index (χ4v) is 4.42. The molecule has 18 heavy (non-hydrogen) atoms. The third-order valence-electron chi connectivity index (χ3n) is 5.83. The van der Waals surface area contributed by atoms with Crippen molar-refractivity contribution in [1.29, 1.82) is 0 Å². The van der Waals surface area contributed by atoms with Gasteiger partial charge in [0.15, 0.2) is 0 Å². The van der Waals surface area contributed by atoms with Gasteiger partial charge in [-0.15, -0.1) is 0 Å². The molecule has 0 spiro atoms. The van der Waals surface area contributed by atoms with Crippen LogP contribution in [-0.2, 0) is 0 Å². The van der Waals surface area contributed by atoms with Crippen molar-refractivity contribution in [3.63, 3.8) is 0 Å². The molecular formula is C18H34. The van der Waals surface area contributed by atoms with Gasteiger partial charge >= 0.3 is 0 Å². The highest BCUT2D eigenvalue weighted by Crippen LogP contribution is 2.40. The van der Waals surface area contributed by atoms with Crippen LogP contribution in [0.5, 0.6) is 0 Å². The molecule has 0 bridgehead atoms. The summed E-state index contributed by atoms with van der Waals surface area (Å²) in [5.74, 6) is 4.30. The Morgan fingerprint density at radius 2 is 1.44 bits per heavy atom. The largest absolute Gasteiger partial charge is 0.0654 e. The molecule has 2 aliphatic rings. The zero-order chi connectivity index (χ0) is 12.8. The highest BCUT2D eigenvalue weighted by atomic mass is 14.3. The average Bonchev–Trinajstić information content (AvgIpc) is 2.63. The molecule has 2 fully saturated rings. The molecule has 106 valence electrons. The SMILES string of the molecule is CCCCC1CCCC(C2CCC(C)CC2)CC1. The van der Waals surface area contributed by atoms with Gasteiger partial charge in [-0.2, -0.15) is 0 Å². The molecule has 2 saturated carbocycles. The van der Waals surface area contributed by atoms with E-state index in [-0.39, 0.29) is 0 Å². The number of hydrogen-bond donors (Lipinski definition) is 0. The molecule has 0 aromatic rings. The third-order valence-corrected chi connectivity index (χ3v) is 5.83. The molecule has 2 unspecified atom stereocenters. The van der Waals surface area contributed by atoms with E-state index in [9.17, 15) is 0 Å². The predicted octanol–water partition coefficient (Wildman–Crippen LogP) is 6.20. The summed E-state index contributed by atoms with van der Waals surface area (Å²) in [6, 6.07) is 0. The van der Waals surface area contributed by atoms with Crippen molar-refractivity contribution in [2.24, 2.45) is 23.7 Å². The zero-order valence-corrected chi connectivity index (χ0v) is 12.8. The lowest BCUT2D eigenvalue weighted by Gasteiger charge is -2.32. The maximum Gasteiger partial charge on any atom is -0.0386 e. The van der Waals surface area contributed by atoms with Gasteiger partial charge in [-0.1, -0.05) is 71.6 Å². The normalized spacial score (nSPS) is 38.3. The number of hydrogen-bond acceptors (Lipinski definition) is 0. The maximum atomic E-state index is 2.45. The number of rotatable bonds is 4. The molecule has 0 saturated heterocycles. The van der Waals surface area contributed by atoms with Crippen LogP contribution >= 0.6 is 0 Å². The van der Waals surface area contributed by atoms with E-state index in [1.807, 2.05) is 0 Å². The first-order chi connectivity index (χ1) is 8.79. The number of unbranched alkanes of at least 4 members (excludes halogenated alkanes) is 1. The van der Waals surface area contributed by atoms with E-state index < -0.39 is 0 Å². The summed E-state index contributed by atoms with van der Waals surface area (Å²) in [6.07, 6.45) is 18.2. The minimum atomic E-state index is 1.02. The lowest BCUT2D eigenvalue weighted by Crippen LogP contribution is -2.20. The Labute approximate surface area is 115 Å². The summed E-state index contributed by atoms with van der Waals surface area (Å²) in [6.45, 7) is 4.78. The molecule has 0 heteroatoms. The van der Waals surface area contributed by atoms with Crippen molar-refractivity contribution in [3.05, 3.63) is 0 Å². The van der Waals surface area contributed by atoms with E-state index in [2.05, 4.69) is 13.8 Å². The van der Waals surface area contributed by atoms with Gasteiger partial charge in [0, 0.05) is 0 Å². The summed E-state index contributed by atoms with van der Waals surface area (Å²) in [5.41, 5.74) is 0. The summed E-state index contributed by atoms with van der Waals surface area (Å²) < 4.78 is 0. The monoisotopic (exact) mass is 250 g/mol. The Bertz CT molecular complexity index is 212. The van der Waals surface area contributed by atoms with Crippen molar-refractivity contribution >= 4 is 0 Å². The van der Waals surface area contributed by atoms with E-state index in [4.69, 9.17) is 0 Å². The molecule has 0 N–H and O–H groups in total. The highest BCUT2D eigenvalue weighted by Gasteiger charge is 2.28. The molecule has 0 heterocycles. The van der Waals surface area contributed by atoms with Crippen molar-refractivity contribution in [1.82, 2.24) is 0 Å². The van der Waals surface area contributed by atoms with Gasteiger partial charge in [0.2, 0.25) is 0 Å². The van der Waals surface area contributed by atoms with Crippen LogP contribution in [0, 0.1) is 23.7 Å². The summed E-state index contributed by atoms with van der Waals surface area (Å²) in [4.78, 5) is 0. The van der Waals surface area contributed by atoms with Gasteiger partial charge in [-0.05, 0) is 42.9 Å². The van der Waals surface area contributed by atoms with E-state index >= 15 is 0 Å². The van der Waals surface area contributed by atoms with Gasteiger partial charge < -0.3 is 0 Å². The third kappa shape index (κ3) is 4.28. The highest BCUT2D eigenvalue weighted by molar-refractivity contribution is 4.79. The smallest absolute Gasteiger partial charge is 0.0386 e. The molecular weight excluding hydrogens is 216 g/mol. The predicted molar refractivity (Wildman–Crippen MR) is 80.7 cm³/mol. The van der Waals surface area contributed by atoms with Crippen molar-refractivity contribution in [2.75, 3.05) is 0 Å². The fourth-order valence-electron chi connectivity index (χ4n) is 4.42. The van der Waals surface area contributed by atoms with Crippen LogP contribution in [0.4, 0.5) is 0 Å². The van der Waals surface area contributed by atoms with E-state index in [1.165, 1.54) is 38.5 Å². The lowest BCUT2D eigenvalue weighted by molar-refractivity contribution is 0.194. The Hall–Kier alpha value is 0. The van der Waals surface area contributed by atoms with E-state index in [0.717, 1.165) is 23.7 Å².